The fraction of sp³-hybridized carbons (Fsp3) is 0.818. The van der Waals surface area contributed by atoms with Gasteiger partial charge < -0.3 is 29.0 Å². The first-order valence-electron chi connectivity index (χ1n) is 8.62. The van der Waals surface area contributed by atoms with Crippen LogP contribution in [0.25, 0.3) is 10.4 Å². The Balaban J connectivity index is 1.96. The fourth-order valence-corrected chi connectivity index (χ4v) is 6.11. The molecule has 18 nitrogen and oxygen atoms in total. The zero-order chi connectivity index (χ0) is 24.3. The number of ether oxygens (including phenoxy) is 2. The lowest BCUT2D eigenvalue weighted by atomic mass is 10.1. The lowest BCUT2D eigenvalue weighted by Gasteiger charge is -2.34. The van der Waals surface area contributed by atoms with Gasteiger partial charge >= 0.3 is 21.4 Å². The summed E-state index contributed by atoms with van der Waals surface area (Å²) in [5.74, 6) is -0.990. The Morgan fingerprint density at radius 1 is 1.31 bits per heavy atom. The summed E-state index contributed by atoms with van der Waals surface area (Å²) in [6.45, 7) is 1.11. The van der Waals surface area contributed by atoms with Crippen LogP contribution in [0.5, 0.6) is 0 Å². The first-order chi connectivity index (χ1) is 14.6. The van der Waals surface area contributed by atoms with Crippen LogP contribution >= 0.6 is 23.2 Å². The molecule has 2 fully saturated rings. The highest BCUT2D eigenvalue weighted by Gasteiger charge is 2.43. The zero-order valence-corrected chi connectivity index (χ0v) is 18.9. The van der Waals surface area contributed by atoms with E-state index in [0.29, 0.717) is 0 Å². The second-order valence-corrected chi connectivity index (χ2v) is 11.4. The minimum absolute atomic E-state index is 0.0225. The van der Waals surface area contributed by atoms with Crippen LogP contribution < -0.4 is 10.2 Å². The first kappa shape index (κ1) is 26.9. The number of carbonyl (C=O) groups excluding carboxylic acids is 2. The molecule has 21 heteroatoms. The number of hydrogen-bond acceptors (Lipinski definition) is 11. The SMILES string of the molecule is CC1CN([C@H]2C[C@H](N=[N+]=[N-])[C@@H](COCP(=O)(O)OP(=O)(O)OP(=O)([O-])O)O2)C(=O)NC1=O. The van der Waals surface area contributed by atoms with E-state index in [0.717, 1.165) is 0 Å². The van der Waals surface area contributed by atoms with Gasteiger partial charge in [-0.05, 0) is 5.53 Å². The Morgan fingerprint density at radius 3 is 2.56 bits per heavy atom. The van der Waals surface area contributed by atoms with Gasteiger partial charge in [-0.1, -0.05) is 12.0 Å². The molecule has 2 aliphatic rings. The van der Waals surface area contributed by atoms with Crippen molar-refractivity contribution in [2.45, 2.75) is 31.7 Å². The summed E-state index contributed by atoms with van der Waals surface area (Å²) in [6, 6.07) is -1.59. The van der Waals surface area contributed by atoms with Crippen molar-refractivity contribution in [1.82, 2.24) is 10.2 Å². The number of carbonyl (C=O) groups is 2. The Kier molecular flexibility index (Phi) is 8.62. The second kappa shape index (κ2) is 10.3. The van der Waals surface area contributed by atoms with Gasteiger partial charge in [0.25, 0.3) is 7.82 Å². The second-order valence-electron chi connectivity index (χ2n) is 6.72. The molecular formula is C11H19N5O13P3-. The summed E-state index contributed by atoms with van der Waals surface area (Å²) in [7, 11) is -16.5. The van der Waals surface area contributed by atoms with E-state index in [1.165, 1.54) is 4.90 Å². The first-order valence-corrected chi connectivity index (χ1v) is 13.4. The van der Waals surface area contributed by atoms with E-state index in [1.54, 1.807) is 6.92 Å². The minimum atomic E-state index is -5.75. The maximum atomic E-state index is 12.1. The summed E-state index contributed by atoms with van der Waals surface area (Å²) in [6.07, 6.45) is -3.14. The number of amides is 3. The summed E-state index contributed by atoms with van der Waals surface area (Å²) < 4.78 is 51.3. The van der Waals surface area contributed by atoms with Crippen LogP contribution in [-0.4, -0.2) is 69.4 Å². The molecule has 2 aliphatic heterocycles. The topological polar surface area (TPSA) is 270 Å². The van der Waals surface area contributed by atoms with Gasteiger partial charge in [-0.3, -0.25) is 24.1 Å². The molecule has 0 radical (unpaired) electrons. The van der Waals surface area contributed by atoms with Crippen LogP contribution in [-0.2, 0) is 36.6 Å². The van der Waals surface area contributed by atoms with Crippen LogP contribution in [0.1, 0.15) is 13.3 Å². The Morgan fingerprint density at radius 2 is 1.97 bits per heavy atom. The van der Waals surface area contributed by atoms with E-state index in [9.17, 15) is 33.1 Å². The third-order valence-electron chi connectivity index (χ3n) is 4.13. The van der Waals surface area contributed by atoms with E-state index in [-0.39, 0.29) is 13.0 Å². The van der Waals surface area contributed by atoms with Crippen molar-refractivity contribution in [2.75, 3.05) is 19.5 Å². The van der Waals surface area contributed by atoms with Crippen LogP contribution in [0.15, 0.2) is 5.11 Å². The highest BCUT2D eigenvalue weighted by molar-refractivity contribution is 7.67. The van der Waals surface area contributed by atoms with Crippen molar-refractivity contribution in [2.24, 2.45) is 11.0 Å². The zero-order valence-electron chi connectivity index (χ0n) is 16.2. The van der Waals surface area contributed by atoms with Crippen LogP contribution in [0.2, 0.25) is 0 Å². The molecule has 0 saturated carbocycles. The van der Waals surface area contributed by atoms with E-state index in [2.05, 4.69) is 24.0 Å². The molecule has 2 saturated heterocycles. The third kappa shape index (κ3) is 7.89. The van der Waals surface area contributed by atoms with Crippen LogP contribution in [0, 0.1) is 5.92 Å². The lowest BCUT2D eigenvalue weighted by molar-refractivity contribution is -0.212. The number of hydrogen-bond donors (Lipinski definition) is 4. The molecule has 0 aromatic rings. The quantitative estimate of drug-likeness (QED) is 0.125. The van der Waals surface area contributed by atoms with Crippen molar-refractivity contribution in [3.05, 3.63) is 10.4 Å². The van der Waals surface area contributed by atoms with E-state index in [4.69, 9.17) is 24.8 Å². The van der Waals surface area contributed by atoms with E-state index >= 15 is 0 Å². The average molecular weight is 522 g/mol. The molecule has 2 heterocycles. The lowest BCUT2D eigenvalue weighted by Crippen LogP contribution is -2.57. The molecule has 7 atom stereocenters. The fourth-order valence-electron chi connectivity index (χ4n) is 2.87. The van der Waals surface area contributed by atoms with Gasteiger partial charge in [0, 0.05) is 17.9 Å². The number of nitrogens with one attached hydrogen (secondary N) is 1. The van der Waals surface area contributed by atoms with Gasteiger partial charge in [0.2, 0.25) is 5.91 Å². The van der Waals surface area contributed by atoms with Crippen molar-refractivity contribution >= 4 is 35.2 Å². The standard InChI is InChI=1S/C11H20N5O13P3/c1-6-3-16(11(18)13-10(6)17)9-2-7(14-15-12)8(27-9)4-26-5-30(19,20)28-32(24,25)29-31(21,22)23/h6-9H,2-5H2,1H3,(H,19,20)(H,24,25)(H,13,17,18)(H2,21,22,23)/p-1/t6?,7-,8+,9+/m0/s1. The molecular weight excluding hydrogens is 503 g/mol. The van der Waals surface area contributed by atoms with Gasteiger partial charge in [-0.15, -0.1) is 0 Å². The van der Waals surface area contributed by atoms with Gasteiger partial charge in [0.05, 0.1) is 24.7 Å². The number of rotatable bonds is 10. The summed E-state index contributed by atoms with van der Waals surface area (Å²) >= 11 is 0. The smallest absolute Gasteiger partial charge is 0.486 e. The van der Waals surface area contributed by atoms with Gasteiger partial charge in [-0.25, -0.2) is 18.0 Å². The molecule has 4 unspecified atom stereocenters. The molecule has 182 valence electrons. The predicted octanol–water partition coefficient (Wildman–Crippen LogP) is -0.278. The highest BCUT2D eigenvalue weighted by atomic mass is 31.3. The van der Waals surface area contributed by atoms with E-state index in [1.807, 2.05) is 0 Å². The monoisotopic (exact) mass is 522 g/mol. The number of nitrogens with zero attached hydrogens (tertiary/aromatic N) is 4. The molecule has 4 N–H and O–H groups in total. The highest BCUT2D eigenvalue weighted by Crippen LogP contribution is 2.64. The molecule has 0 aromatic carbocycles. The molecule has 0 aliphatic carbocycles. The number of phosphoric acid groups is 2. The normalized spacial score (nSPS) is 31.7. The van der Waals surface area contributed by atoms with Crippen molar-refractivity contribution in [3.63, 3.8) is 0 Å². The van der Waals surface area contributed by atoms with Crippen molar-refractivity contribution in [3.8, 4) is 0 Å². The largest absolute Gasteiger partial charge is 0.756 e. The van der Waals surface area contributed by atoms with Gasteiger partial charge in [0.15, 0.2) is 0 Å². The predicted molar refractivity (Wildman–Crippen MR) is 98.1 cm³/mol. The van der Waals surface area contributed by atoms with Crippen molar-refractivity contribution < 1.29 is 61.0 Å². The maximum Gasteiger partial charge on any atom is 0.486 e. The third-order valence-corrected chi connectivity index (χ3v) is 8.14. The summed E-state index contributed by atoms with van der Waals surface area (Å²) in [5.41, 5.74) is 8.72. The van der Waals surface area contributed by atoms with Crippen LogP contribution in [0.4, 0.5) is 4.79 Å². The number of urea groups is 1. The van der Waals surface area contributed by atoms with Gasteiger partial charge in [0.1, 0.15) is 12.6 Å². The van der Waals surface area contributed by atoms with Crippen molar-refractivity contribution in [1.29, 1.82) is 0 Å². The Bertz CT molecular complexity index is 934. The molecule has 0 bridgehead atoms. The number of azide groups is 1. The average Bonchev–Trinajstić information content (AvgIpc) is 2.97. The maximum absolute atomic E-state index is 12.1. The van der Waals surface area contributed by atoms with Crippen LogP contribution in [0.3, 0.4) is 0 Å². The molecule has 0 aromatic heterocycles. The Hall–Kier alpha value is -1.38. The van der Waals surface area contributed by atoms with E-state index < -0.39 is 72.4 Å². The van der Waals surface area contributed by atoms with Gasteiger partial charge in [-0.2, -0.15) is 0 Å². The molecule has 0 spiro atoms. The minimum Gasteiger partial charge on any atom is -0.756 e. The number of imide groups is 1. The molecule has 2 rings (SSSR count). The summed E-state index contributed by atoms with van der Waals surface area (Å²) in [4.78, 5) is 65.0. The Labute approximate surface area is 179 Å². The summed E-state index contributed by atoms with van der Waals surface area (Å²) in [5, 5.41) is 5.66. The molecule has 32 heavy (non-hydrogen) atoms. The molecule has 3 amide bonds.